The summed E-state index contributed by atoms with van der Waals surface area (Å²) >= 11 is 6.00. The summed E-state index contributed by atoms with van der Waals surface area (Å²) < 4.78 is 2.35. The van der Waals surface area contributed by atoms with Crippen molar-refractivity contribution in [1.82, 2.24) is 34.5 Å². The fourth-order valence-corrected chi connectivity index (χ4v) is 5.48. The topological polar surface area (TPSA) is 76.3 Å². The van der Waals surface area contributed by atoms with E-state index in [4.69, 9.17) is 16.6 Å². The Morgan fingerprint density at radius 3 is 2.12 bits per heavy atom. The molecule has 0 radical (unpaired) electrons. The number of carbonyl (C=O) groups excluding carboxylic acids is 2. The van der Waals surface area contributed by atoms with Gasteiger partial charge in [0.1, 0.15) is 17.2 Å². The van der Waals surface area contributed by atoms with Crippen LogP contribution in [0.3, 0.4) is 0 Å². The van der Waals surface area contributed by atoms with E-state index in [0.29, 0.717) is 23.0 Å². The van der Waals surface area contributed by atoms with Gasteiger partial charge in [-0.25, -0.2) is 4.98 Å². The molecule has 1 aromatic carbocycles. The summed E-state index contributed by atoms with van der Waals surface area (Å²) in [6.07, 6.45) is 6.05. The molecule has 1 N–H and O–H groups in total. The lowest BCUT2D eigenvalue weighted by molar-refractivity contribution is -0.117. The molecule has 4 saturated heterocycles. The monoisotopic (exact) mass is 599 g/mol. The van der Waals surface area contributed by atoms with Crippen LogP contribution >= 0.6 is 24.0 Å². The molecule has 4 aliphatic heterocycles. The van der Waals surface area contributed by atoms with Gasteiger partial charge in [0.15, 0.2) is 0 Å². The molecule has 220 valence electrons. The van der Waals surface area contributed by atoms with Gasteiger partial charge in [-0.1, -0.05) is 23.7 Å². The number of likely N-dealkylation sites (N-methyl/N-ethyl adjacent to an activating group) is 1. The number of nitrogens with zero attached hydrogens (tertiary/aromatic N) is 6. The largest absolute Gasteiger partial charge is 0.365 e. The van der Waals surface area contributed by atoms with Crippen LogP contribution in [0.4, 0.5) is 0 Å². The predicted octanol–water partition coefficient (Wildman–Crippen LogP) is 2.83. The molecule has 9 nitrogen and oxygen atoms in total. The van der Waals surface area contributed by atoms with E-state index in [2.05, 4.69) is 35.1 Å². The minimum Gasteiger partial charge on any atom is -0.365 e. The third kappa shape index (κ3) is 6.97. The molecule has 0 bridgehead atoms. The Morgan fingerprint density at radius 1 is 0.927 bits per heavy atom. The number of hydrogen-bond acceptors (Lipinski definition) is 8. The number of rotatable bonds is 8. The van der Waals surface area contributed by atoms with Crippen LogP contribution in [0.5, 0.6) is 0 Å². The molecule has 5 heterocycles. The Balaban J connectivity index is 0.000000167. The average molecular weight is 601 g/mol. The summed E-state index contributed by atoms with van der Waals surface area (Å²) in [5, 5.41) is 4.20. The third-order valence-electron chi connectivity index (χ3n) is 7.93. The number of aromatic nitrogens is 2. The van der Waals surface area contributed by atoms with E-state index in [1.807, 2.05) is 39.0 Å². The van der Waals surface area contributed by atoms with Crippen LogP contribution in [0.2, 0.25) is 5.02 Å². The van der Waals surface area contributed by atoms with Gasteiger partial charge in [-0.15, -0.1) is 12.4 Å². The lowest BCUT2D eigenvalue weighted by atomic mass is 9.97. The van der Waals surface area contributed by atoms with Crippen LogP contribution in [-0.4, -0.2) is 114 Å². The van der Waals surface area contributed by atoms with E-state index in [1.165, 1.54) is 24.7 Å². The Labute approximate surface area is 253 Å². The number of nitrogens with one attached hydrogen (secondary N) is 1. The number of imidazole rings is 1. The lowest BCUT2D eigenvalue weighted by Crippen LogP contribution is -2.29. The fourth-order valence-electron chi connectivity index (χ4n) is 5.36. The van der Waals surface area contributed by atoms with Crippen molar-refractivity contribution >= 4 is 35.6 Å². The van der Waals surface area contributed by atoms with Gasteiger partial charge in [-0.05, 0) is 52.2 Å². The van der Waals surface area contributed by atoms with Crippen molar-refractivity contribution in [2.75, 3.05) is 73.0 Å². The van der Waals surface area contributed by atoms with Gasteiger partial charge in [0, 0.05) is 81.1 Å². The Bertz CT molecular complexity index is 1330. The number of piperidine rings is 1. The molecule has 0 spiro atoms. The SMILES string of the molecule is CN(C)CCn1cc(-c2ccc(Cl)cc2)nc1C1CCNCC1.Cl.O=C1C=C(N2CC2)C(=O)C(N2CC2)=C1N1CC1. The second-order valence-corrected chi connectivity index (χ2v) is 11.8. The number of Topliss-reactive ketones (excluding diaryl/α,β-unsaturated/α-hetero) is 1. The van der Waals surface area contributed by atoms with E-state index >= 15 is 0 Å². The van der Waals surface area contributed by atoms with Crippen LogP contribution < -0.4 is 5.32 Å². The van der Waals surface area contributed by atoms with Crippen LogP contribution in [0, 0.1) is 0 Å². The van der Waals surface area contributed by atoms with Crippen molar-refractivity contribution in [1.29, 1.82) is 0 Å². The molecule has 0 atom stereocenters. The first-order valence-electron chi connectivity index (χ1n) is 14.4. The van der Waals surface area contributed by atoms with Crippen LogP contribution in [0.15, 0.2) is 53.6 Å². The van der Waals surface area contributed by atoms with Crippen molar-refractivity contribution in [3.05, 3.63) is 64.5 Å². The standard InChI is InChI=1S/C18H25ClN4.C12H13N3O2.ClH/c1-22(2)11-12-23-13-17(14-3-5-16(19)6-4-14)21-18(23)15-7-9-20-10-8-15;16-9-7-8(13-1-2-13)12(17)11(15-5-6-15)10(9)14-3-4-14;/h3-6,13,15,20H,7-12H2,1-2H3;7H,1-6H2;1H. The Hall–Kier alpha value is -2.85. The minimum atomic E-state index is 0. The molecule has 2 aromatic rings. The summed E-state index contributed by atoms with van der Waals surface area (Å²) in [5.41, 5.74) is 4.07. The molecule has 0 saturated carbocycles. The Kier molecular flexibility index (Phi) is 9.09. The average Bonchev–Trinajstić information content (AvgIpc) is 3.79. The summed E-state index contributed by atoms with van der Waals surface area (Å²) in [6.45, 7) is 9.58. The minimum absolute atomic E-state index is 0. The van der Waals surface area contributed by atoms with Crippen molar-refractivity contribution in [2.45, 2.75) is 25.3 Å². The lowest BCUT2D eigenvalue weighted by Gasteiger charge is -2.23. The molecule has 5 aliphatic rings. The van der Waals surface area contributed by atoms with E-state index in [0.717, 1.165) is 81.7 Å². The molecular formula is C30H39Cl2N7O2. The number of allylic oxidation sites excluding steroid dienone is 1. The normalized spacial score (nSPS) is 20.1. The first-order chi connectivity index (χ1) is 19.4. The maximum Gasteiger partial charge on any atom is 0.227 e. The highest BCUT2D eigenvalue weighted by Crippen LogP contribution is 2.34. The highest BCUT2D eigenvalue weighted by Gasteiger charge is 2.43. The summed E-state index contributed by atoms with van der Waals surface area (Å²) in [7, 11) is 4.22. The first-order valence-corrected chi connectivity index (χ1v) is 14.7. The van der Waals surface area contributed by atoms with E-state index in [9.17, 15) is 9.59 Å². The molecule has 0 unspecified atom stereocenters. The van der Waals surface area contributed by atoms with Gasteiger partial charge in [-0.2, -0.15) is 0 Å². The number of hydrogen-bond donors (Lipinski definition) is 1. The predicted molar refractivity (Wildman–Crippen MR) is 163 cm³/mol. The van der Waals surface area contributed by atoms with Crippen molar-refractivity contribution in [3.63, 3.8) is 0 Å². The number of benzene rings is 1. The Morgan fingerprint density at radius 2 is 1.54 bits per heavy atom. The molecule has 11 heteroatoms. The second kappa shape index (κ2) is 12.6. The zero-order chi connectivity index (χ0) is 27.8. The summed E-state index contributed by atoms with van der Waals surface area (Å²) in [5.74, 6) is 1.84. The van der Waals surface area contributed by atoms with Gasteiger partial charge in [0.2, 0.25) is 11.6 Å². The van der Waals surface area contributed by atoms with Gasteiger partial charge < -0.3 is 29.5 Å². The zero-order valence-electron chi connectivity index (χ0n) is 23.8. The number of halogens is 2. The number of carbonyl (C=O) groups is 2. The van der Waals surface area contributed by atoms with Crippen molar-refractivity contribution < 1.29 is 9.59 Å². The highest BCUT2D eigenvalue weighted by atomic mass is 35.5. The first kappa shape index (κ1) is 29.6. The van der Waals surface area contributed by atoms with Crippen molar-refractivity contribution in [3.8, 4) is 11.3 Å². The molecular weight excluding hydrogens is 561 g/mol. The van der Waals surface area contributed by atoms with Gasteiger partial charge in [0.25, 0.3) is 0 Å². The maximum absolute atomic E-state index is 12.4. The van der Waals surface area contributed by atoms with E-state index in [-0.39, 0.29) is 24.0 Å². The molecule has 7 rings (SSSR count). The smallest absolute Gasteiger partial charge is 0.227 e. The van der Waals surface area contributed by atoms with Crippen LogP contribution in [-0.2, 0) is 16.1 Å². The quantitative estimate of drug-likeness (QED) is 0.367. The summed E-state index contributed by atoms with van der Waals surface area (Å²) in [4.78, 5) is 37.7. The molecule has 0 amide bonds. The van der Waals surface area contributed by atoms with Gasteiger partial charge in [0.05, 0.1) is 11.4 Å². The van der Waals surface area contributed by atoms with E-state index < -0.39 is 0 Å². The second-order valence-electron chi connectivity index (χ2n) is 11.4. The van der Waals surface area contributed by atoms with Crippen LogP contribution in [0.25, 0.3) is 11.3 Å². The van der Waals surface area contributed by atoms with Gasteiger partial charge >= 0.3 is 0 Å². The highest BCUT2D eigenvalue weighted by molar-refractivity contribution is 6.30. The van der Waals surface area contributed by atoms with Gasteiger partial charge in [-0.3, -0.25) is 9.59 Å². The molecule has 1 aromatic heterocycles. The molecule has 41 heavy (non-hydrogen) atoms. The van der Waals surface area contributed by atoms with Crippen molar-refractivity contribution in [2.24, 2.45) is 0 Å². The molecule has 4 fully saturated rings. The fraction of sp³-hybridized carbons (Fsp3) is 0.500. The zero-order valence-corrected chi connectivity index (χ0v) is 25.4. The maximum atomic E-state index is 12.4. The molecule has 1 aliphatic carbocycles. The number of ketones is 2. The van der Waals surface area contributed by atoms with E-state index in [1.54, 1.807) is 0 Å². The summed E-state index contributed by atoms with van der Waals surface area (Å²) in [6, 6.07) is 7.96. The van der Waals surface area contributed by atoms with Crippen LogP contribution in [0.1, 0.15) is 24.6 Å². The third-order valence-corrected chi connectivity index (χ3v) is 8.18.